The summed E-state index contributed by atoms with van der Waals surface area (Å²) in [6, 6.07) is 5.89. The summed E-state index contributed by atoms with van der Waals surface area (Å²) in [4.78, 5) is 4.20. The van der Waals surface area contributed by atoms with Crippen molar-refractivity contribution in [1.82, 2.24) is 4.98 Å². The predicted molar refractivity (Wildman–Crippen MR) is 54.6 cm³/mol. The van der Waals surface area contributed by atoms with Gasteiger partial charge in [0, 0.05) is 0 Å². The van der Waals surface area contributed by atoms with Crippen molar-refractivity contribution in [1.29, 1.82) is 0 Å². The number of thiazole rings is 1. The molecule has 1 aliphatic rings. The van der Waals surface area contributed by atoms with Crippen molar-refractivity contribution < 1.29 is 9.47 Å². The maximum Gasteiger partial charge on any atom is 0.226 e. The van der Waals surface area contributed by atoms with Crippen molar-refractivity contribution in [2.24, 2.45) is 0 Å². The van der Waals surface area contributed by atoms with Crippen LogP contribution >= 0.6 is 11.3 Å². The van der Waals surface area contributed by atoms with Gasteiger partial charge in [-0.15, -0.1) is 11.3 Å². The molecule has 0 saturated carbocycles. The third kappa shape index (κ3) is 1.36. The van der Waals surface area contributed by atoms with Crippen LogP contribution in [0.25, 0.3) is 10.2 Å². The Morgan fingerprint density at radius 3 is 3.14 bits per heavy atom. The van der Waals surface area contributed by atoms with Crippen molar-refractivity contribution in [2.75, 3.05) is 0 Å². The fourth-order valence-electron chi connectivity index (χ4n) is 1.33. The third-order valence-corrected chi connectivity index (χ3v) is 3.00. The molecule has 2 heterocycles. The zero-order valence-electron chi connectivity index (χ0n) is 7.64. The van der Waals surface area contributed by atoms with Crippen LogP contribution in [-0.2, 0) is 4.74 Å². The van der Waals surface area contributed by atoms with Crippen LogP contribution in [0.1, 0.15) is 6.92 Å². The summed E-state index contributed by atoms with van der Waals surface area (Å²) in [6.45, 7) is 2.00. The van der Waals surface area contributed by atoms with E-state index in [1.54, 1.807) is 11.3 Å². The summed E-state index contributed by atoms with van der Waals surface area (Å²) in [7, 11) is 0. The van der Waals surface area contributed by atoms with Gasteiger partial charge in [0.2, 0.25) is 6.29 Å². The lowest BCUT2D eigenvalue weighted by Crippen LogP contribution is -2.00. The van der Waals surface area contributed by atoms with Crippen LogP contribution in [0.5, 0.6) is 5.75 Å². The highest BCUT2D eigenvalue weighted by Gasteiger charge is 2.36. The van der Waals surface area contributed by atoms with Gasteiger partial charge in [0.05, 0.1) is 15.7 Å². The van der Waals surface area contributed by atoms with Gasteiger partial charge in [-0.1, -0.05) is 0 Å². The molecule has 1 fully saturated rings. The fourth-order valence-corrected chi connectivity index (χ4v) is 2.04. The molecule has 0 aliphatic carbocycles. The van der Waals surface area contributed by atoms with Crippen LogP contribution in [0.3, 0.4) is 0 Å². The normalized spacial score (nSPS) is 25.2. The molecule has 1 saturated heterocycles. The molecule has 2 atom stereocenters. The molecular formula is C10H9NO2S. The molecule has 72 valence electrons. The van der Waals surface area contributed by atoms with Gasteiger partial charge in [0.15, 0.2) is 0 Å². The number of hydrogen-bond donors (Lipinski definition) is 0. The van der Waals surface area contributed by atoms with Crippen LogP contribution in [0.2, 0.25) is 0 Å². The van der Waals surface area contributed by atoms with Crippen LogP contribution in [0.4, 0.5) is 0 Å². The highest BCUT2D eigenvalue weighted by Crippen LogP contribution is 2.28. The van der Waals surface area contributed by atoms with E-state index < -0.39 is 0 Å². The Hall–Kier alpha value is -1.13. The summed E-state index contributed by atoms with van der Waals surface area (Å²) in [5.74, 6) is 0.858. The SMILES string of the molecule is C[C@H]1O[C@H]1Oc1ccc2ncsc2c1. The Morgan fingerprint density at radius 1 is 1.50 bits per heavy atom. The molecule has 3 rings (SSSR count). The number of fused-ring (bicyclic) bond motifs is 1. The number of aromatic nitrogens is 1. The zero-order valence-corrected chi connectivity index (χ0v) is 8.45. The van der Waals surface area contributed by atoms with Gasteiger partial charge >= 0.3 is 0 Å². The van der Waals surface area contributed by atoms with Crippen LogP contribution in [0, 0.1) is 0 Å². The van der Waals surface area contributed by atoms with Gasteiger partial charge in [-0.25, -0.2) is 4.98 Å². The van der Waals surface area contributed by atoms with Crippen molar-refractivity contribution in [2.45, 2.75) is 19.3 Å². The third-order valence-electron chi connectivity index (χ3n) is 2.21. The number of nitrogens with zero attached hydrogens (tertiary/aromatic N) is 1. The lowest BCUT2D eigenvalue weighted by molar-refractivity contribution is 0.179. The topological polar surface area (TPSA) is 34.6 Å². The molecule has 14 heavy (non-hydrogen) atoms. The van der Waals surface area contributed by atoms with E-state index in [0.717, 1.165) is 16.0 Å². The highest BCUT2D eigenvalue weighted by atomic mass is 32.1. The molecule has 1 aromatic heterocycles. The largest absolute Gasteiger partial charge is 0.462 e. The highest BCUT2D eigenvalue weighted by molar-refractivity contribution is 7.16. The number of hydrogen-bond acceptors (Lipinski definition) is 4. The zero-order chi connectivity index (χ0) is 9.54. The molecule has 0 unspecified atom stereocenters. The van der Waals surface area contributed by atoms with Crippen molar-refractivity contribution >= 4 is 21.6 Å². The maximum absolute atomic E-state index is 5.57. The minimum absolute atomic E-state index is 0.0552. The lowest BCUT2D eigenvalue weighted by Gasteiger charge is -2.01. The fraction of sp³-hybridized carbons (Fsp3) is 0.300. The number of rotatable bonds is 2. The number of benzene rings is 1. The molecule has 2 aromatic rings. The summed E-state index contributed by atoms with van der Waals surface area (Å²) >= 11 is 1.62. The predicted octanol–water partition coefficient (Wildman–Crippen LogP) is 2.42. The maximum atomic E-state index is 5.57. The van der Waals surface area contributed by atoms with E-state index in [1.807, 2.05) is 30.6 Å². The smallest absolute Gasteiger partial charge is 0.226 e. The average Bonchev–Trinajstić information content (AvgIpc) is 2.70. The molecule has 0 bridgehead atoms. The van der Waals surface area contributed by atoms with Crippen molar-refractivity contribution in [3.05, 3.63) is 23.7 Å². The van der Waals surface area contributed by atoms with Crippen LogP contribution in [0.15, 0.2) is 23.7 Å². The van der Waals surface area contributed by atoms with Crippen molar-refractivity contribution in [3.63, 3.8) is 0 Å². The van der Waals surface area contributed by atoms with Crippen LogP contribution < -0.4 is 4.74 Å². The monoisotopic (exact) mass is 207 g/mol. The van der Waals surface area contributed by atoms with Crippen molar-refractivity contribution in [3.8, 4) is 5.75 Å². The second-order valence-corrected chi connectivity index (χ2v) is 4.20. The minimum Gasteiger partial charge on any atom is -0.462 e. The Morgan fingerprint density at radius 2 is 2.36 bits per heavy atom. The van der Waals surface area contributed by atoms with E-state index in [9.17, 15) is 0 Å². The molecule has 0 N–H and O–H groups in total. The van der Waals surface area contributed by atoms with Gasteiger partial charge in [-0.05, 0) is 25.1 Å². The Kier molecular flexibility index (Phi) is 1.72. The van der Waals surface area contributed by atoms with Gasteiger partial charge in [-0.3, -0.25) is 0 Å². The molecule has 0 amide bonds. The summed E-state index contributed by atoms with van der Waals surface area (Å²) < 4.78 is 11.9. The van der Waals surface area contributed by atoms with Gasteiger partial charge in [-0.2, -0.15) is 0 Å². The Labute approximate surface area is 85.3 Å². The van der Waals surface area contributed by atoms with E-state index in [4.69, 9.17) is 9.47 Å². The summed E-state index contributed by atoms with van der Waals surface area (Å²) in [5, 5.41) is 0. The first-order chi connectivity index (χ1) is 6.83. The molecular weight excluding hydrogens is 198 g/mol. The summed E-state index contributed by atoms with van der Waals surface area (Å²) in [6.07, 6.45) is 0.174. The first-order valence-electron chi connectivity index (χ1n) is 4.48. The second-order valence-electron chi connectivity index (χ2n) is 3.31. The molecule has 4 heteroatoms. The molecule has 0 spiro atoms. The van der Waals surface area contributed by atoms with Gasteiger partial charge < -0.3 is 9.47 Å². The van der Waals surface area contributed by atoms with Gasteiger partial charge in [0.1, 0.15) is 11.9 Å². The number of epoxide rings is 1. The molecule has 1 aliphatic heterocycles. The Balaban J connectivity index is 1.89. The standard InChI is InChI=1S/C10H9NO2S/c1-6-10(12-6)13-7-2-3-8-9(4-7)14-5-11-8/h2-6,10H,1H3/t6-,10+/m1/s1. The Bertz CT molecular complexity index is 468. The summed E-state index contributed by atoms with van der Waals surface area (Å²) in [5.41, 5.74) is 2.86. The first-order valence-corrected chi connectivity index (χ1v) is 5.36. The van der Waals surface area contributed by atoms with Crippen LogP contribution in [-0.4, -0.2) is 17.4 Å². The molecule has 0 radical (unpaired) electrons. The lowest BCUT2D eigenvalue weighted by atomic mass is 10.3. The molecule has 1 aromatic carbocycles. The van der Waals surface area contributed by atoms with Gasteiger partial charge in [0.25, 0.3) is 0 Å². The number of ether oxygens (including phenoxy) is 2. The van der Waals surface area contributed by atoms with E-state index in [2.05, 4.69) is 4.98 Å². The van der Waals surface area contributed by atoms with E-state index in [1.165, 1.54) is 0 Å². The minimum atomic E-state index is -0.0552. The van der Waals surface area contributed by atoms with E-state index in [0.29, 0.717) is 0 Å². The van der Waals surface area contributed by atoms with E-state index >= 15 is 0 Å². The van der Waals surface area contributed by atoms with E-state index in [-0.39, 0.29) is 12.4 Å². The molecule has 3 nitrogen and oxygen atoms in total. The first kappa shape index (κ1) is 8.20. The average molecular weight is 207 g/mol. The quantitative estimate of drug-likeness (QED) is 0.709. The second kappa shape index (κ2) is 2.93.